The Balaban J connectivity index is 3.39. The Morgan fingerprint density at radius 2 is 2.00 bits per heavy atom. The fourth-order valence-corrected chi connectivity index (χ4v) is 0.843. The standard InChI is InChI=1S/C7H2ClF2N/c8-6-2-5(9)1-4(3-11)7(6)10/h1-2H. The van der Waals surface area contributed by atoms with Crippen molar-refractivity contribution >= 4 is 11.6 Å². The van der Waals surface area contributed by atoms with Gasteiger partial charge in [-0.15, -0.1) is 0 Å². The molecule has 0 fully saturated rings. The third-order valence-electron chi connectivity index (χ3n) is 1.11. The second kappa shape index (κ2) is 2.85. The zero-order valence-electron chi connectivity index (χ0n) is 5.24. The number of halogens is 3. The quantitative estimate of drug-likeness (QED) is 0.553. The van der Waals surface area contributed by atoms with Crippen LogP contribution in [-0.2, 0) is 0 Å². The number of benzene rings is 1. The largest absolute Gasteiger partial charge is 0.207 e. The van der Waals surface area contributed by atoms with Crippen LogP contribution in [0.15, 0.2) is 12.1 Å². The first-order chi connectivity index (χ1) is 5.15. The first-order valence-corrected chi connectivity index (χ1v) is 3.07. The van der Waals surface area contributed by atoms with Gasteiger partial charge < -0.3 is 0 Å². The summed E-state index contributed by atoms with van der Waals surface area (Å²) in [4.78, 5) is 0. The normalized spacial score (nSPS) is 9.27. The van der Waals surface area contributed by atoms with Crippen LogP contribution in [0.1, 0.15) is 5.56 Å². The molecule has 0 heterocycles. The molecule has 0 saturated heterocycles. The Bertz CT molecular complexity index is 330. The van der Waals surface area contributed by atoms with Gasteiger partial charge in [0.25, 0.3) is 0 Å². The van der Waals surface area contributed by atoms with Crippen molar-refractivity contribution in [2.45, 2.75) is 0 Å². The molecule has 0 N–H and O–H groups in total. The van der Waals surface area contributed by atoms with Gasteiger partial charge in [-0.2, -0.15) is 5.26 Å². The van der Waals surface area contributed by atoms with Crippen LogP contribution in [0.3, 0.4) is 0 Å². The third-order valence-corrected chi connectivity index (χ3v) is 1.39. The van der Waals surface area contributed by atoms with E-state index in [0.717, 1.165) is 12.1 Å². The highest BCUT2D eigenvalue weighted by Gasteiger charge is 2.07. The molecule has 0 bridgehead atoms. The molecular weight excluding hydrogens is 172 g/mol. The van der Waals surface area contributed by atoms with Crippen molar-refractivity contribution in [3.63, 3.8) is 0 Å². The minimum Gasteiger partial charge on any atom is -0.207 e. The van der Waals surface area contributed by atoms with E-state index in [9.17, 15) is 8.78 Å². The molecule has 0 unspecified atom stereocenters. The lowest BCUT2D eigenvalue weighted by molar-refractivity contribution is 0.597. The highest BCUT2D eigenvalue weighted by molar-refractivity contribution is 6.30. The summed E-state index contributed by atoms with van der Waals surface area (Å²) < 4.78 is 25.1. The Kier molecular flexibility index (Phi) is 2.06. The van der Waals surface area contributed by atoms with Crippen LogP contribution >= 0.6 is 11.6 Å². The summed E-state index contributed by atoms with van der Waals surface area (Å²) in [5, 5.41) is 7.88. The molecule has 0 saturated carbocycles. The first kappa shape index (κ1) is 7.96. The maximum Gasteiger partial charge on any atom is 0.159 e. The fraction of sp³-hybridized carbons (Fsp3) is 0. The average Bonchev–Trinajstić information content (AvgIpc) is 1.96. The minimum atomic E-state index is -0.879. The SMILES string of the molecule is N#Cc1cc(F)cc(Cl)c1F. The topological polar surface area (TPSA) is 23.8 Å². The highest BCUT2D eigenvalue weighted by atomic mass is 35.5. The van der Waals surface area contributed by atoms with E-state index in [1.165, 1.54) is 6.07 Å². The molecule has 1 aromatic rings. The Morgan fingerprint density at radius 1 is 1.36 bits per heavy atom. The maximum atomic E-state index is 12.7. The Morgan fingerprint density at radius 3 is 2.55 bits per heavy atom. The number of hydrogen-bond donors (Lipinski definition) is 0. The summed E-state index contributed by atoms with van der Waals surface area (Å²) in [5.41, 5.74) is -0.380. The molecule has 1 rings (SSSR count). The molecule has 0 atom stereocenters. The molecular formula is C7H2ClF2N. The summed E-state index contributed by atoms with van der Waals surface area (Å²) in [5.74, 6) is -1.59. The van der Waals surface area contributed by atoms with E-state index in [2.05, 4.69) is 0 Å². The highest BCUT2D eigenvalue weighted by Crippen LogP contribution is 2.19. The molecule has 0 aromatic heterocycles. The van der Waals surface area contributed by atoms with Gasteiger partial charge in [-0.1, -0.05) is 11.6 Å². The lowest BCUT2D eigenvalue weighted by atomic mass is 10.2. The molecule has 0 spiro atoms. The summed E-state index contributed by atoms with van der Waals surface area (Å²) in [6.07, 6.45) is 0. The van der Waals surface area contributed by atoms with Crippen LogP contribution in [-0.4, -0.2) is 0 Å². The first-order valence-electron chi connectivity index (χ1n) is 2.70. The van der Waals surface area contributed by atoms with Gasteiger partial charge in [0.15, 0.2) is 5.82 Å². The second-order valence-corrected chi connectivity index (χ2v) is 2.27. The lowest BCUT2D eigenvalue weighted by Gasteiger charge is -1.95. The number of nitrogens with zero attached hydrogens (tertiary/aromatic N) is 1. The van der Waals surface area contributed by atoms with Gasteiger partial charge in [-0.25, -0.2) is 8.78 Å². The minimum absolute atomic E-state index is 0.374. The van der Waals surface area contributed by atoms with Gasteiger partial charge in [-0.3, -0.25) is 0 Å². The maximum absolute atomic E-state index is 12.7. The molecule has 1 aromatic carbocycles. The van der Waals surface area contributed by atoms with Crippen LogP contribution < -0.4 is 0 Å². The summed E-state index contributed by atoms with van der Waals surface area (Å²) in [6, 6.07) is 3.09. The van der Waals surface area contributed by atoms with Crippen molar-refractivity contribution in [3.8, 4) is 6.07 Å². The number of nitriles is 1. The van der Waals surface area contributed by atoms with Crippen molar-refractivity contribution in [3.05, 3.63) is 34.4 Å². The van der Waals surface area contributed by atoms with E-state index < -0.39 is 11.6 Å². The number of hydrogen-bond acceptors (Lipinski definition) is 1. The summed E-state index contributed by atoms with van der Waals surface area (Å²) in [6.45, 7) is 0. The van der Waals surface area contributed by atoms with E-state index >= 15 is 0 Å². The average molecular weight is 174 g/mol. The molecule has 4 heteroatoms. The van der Waals surface area contributed by atoms with Gasteiger partial charge in [0.05, 0.1) is 10.6 Å². The van der Waals surface area contributed by atoms with Crippen LogP contribution in [0.25, 0.3) is 0 Å². The predicted octanol–water partition coefficient (Wildman–Crippen LogP) is 2.49. The van der Waals surface area contributed by atoms with Crippen LogP contribution in [0, 0.1) is 23.0 Å². The van der Waals surface area contributed by atoms with Crippen molar-refractivity contribution in [2.24, 2.45) is 0 Å². The van der Waals surface area contributed by atoms with Gasteiger partial charge in [0.1, 0.15) is 11.9 Å². The van der Waals surface area contributed by atoms with Crippen LogP contribution in [0.5, 0.6) is 0 Å². The Hall–Kier alpha value is -1.14. The predicted molar refractivity (Wildman–Crippen MR) is 36.1 cm³/mol. The monoisotopic (exact) mass is 173 g/mol. The van der Waals surface area contributed by atoms with Crippen molar-refractivity contribution in [1.82, 2.24) is 0 Å². The summed E-state index contributed by atoms with van der Waals surface area (Å²) in [7, 11) is 0. The van der Waals surface area contributed by atoms with Crippen molar-refractivity contribution < 1.29 is 8.78 Å². The lowest BCUT2D eigenvalue weighted by Crippen LogP contribution is -1.86. The van der Waals surface area contributed by atoms with Gasteiger partial charge in [0, 0.05) is 0 Å². The van der Waals surface area contributed by atoms with Gasteiger partial charge in [0.2, 0.25) is 0 Å². The molecule has 11 heavy (non-hydrogen) atoms. The molecule has 0 aliphatic carbocycles. The van der Waals surface area contributed by atoms with Gasteiger partial charge >= 0.3 is 0 Å². The Labute approximate surface area is 66.8 Å². The molecule has 0 radical (unpaired) electrons. The van der Waals surface area contributed by atoms with E-state index in [4.69, 9.17) is 16.9 Å². The molecule has 0 aliphatic heterocycles. The third kappa shape index (κ3) is 1.47. The van der Waals surface area contributed by atoms with Crippen LogP contribution in [0.2, 0.25) is 5.02 Å². The van der Waals surface area contributed by atoms with Crippen LogP contribution in [0.4, 0.5) is 8.78 Å². The fourth-order valence-electron chi connectivity index (χ4n) is 0.637. The smallest absolute Gasteiger partial charge is 0.159 e. The van der Waals surface area contributed by atoms with E-state index in [-0.39, 0.29) is 10.6 Å². The number of rotatable bonds is 0. The van der Waals surface area contributed by atoms with E-state index in [0.29, 0.717) is 0 Å². The molecule has 1 nitrogen and oxygen atoms in total. The van der Waals surface area contributed by atoms with Crippen molar-refractivity contribution in [1.29, 1.82) is 5.26 Å². The second-order valence-electron chi connectivity index (χ2n) is 1.86. The zero-order chi connectivity index (χ0) is 8.43. The molecule has 0 amide bonds. The van der Waals surface area contributed by atoms with E-state index in [1.54, 1.807) is 0 Å². The summed E-state index contributed by atoms with van der Waals surface area (Å²) >= 11 is 5.23. The van der Waals surface area contributed by atoms with Gasteiger partial charge in [-0.05, 0) is 12.1 Å². The zero-order valence-corrected chi connectivity index (χ0v) is 5.99. The molecule has 56 valence electrons. The molecule has 0 aliphatic rings. The van der Waals surface area contributed by atoms with E-state index in [1.807, 2.05) is 0 Å². The van der Waals surface area contributed by atoms with Crippen molar-refractivity contribution in [2.75, 3.05) is 0 Å².